The number of amides is 1. The van der Waals surface area contributed by atoms with Gasteiger partial charge in [0.15, 0.2) is 0 Å². The number of halogens is 4. The zero-order valence-electron chi connectivity index (χ0n) is 15.7. The van der Waals surface area contributed by atoms with Crippen LogP contribution >= 0.6 is 45.8 Å². The summed E-state index contributed by atoms with van der Waals surface area (Å²) in [6.45, 7) is 0.283. The average molecular weight is 568 g/mol. The third kappa shape index (κ3) is 6.17. The fourth-order valence-electron chi connectivity index (χ4n) is 2.50. The highest BCUT2D eigenvalue weighted by Gasteiger charge is 2.11. The Labute approximate surface area is 201 Å². The second kappa shape index (κ2) is 10.6. The smallest absolute Gasteiger partial charge is 0.274 e. The second-order valence-electron chi connectivity index (χ2n) is 6.22. The molecule has 1 amide bonds. The molecule has 31 heavy (non-hydrogen) atoms. The molecule has 0 heterocycles. The maximum atomic E-state index is 13.9. The molecule has 3 rings (SSSR count). The summed E-state index contributed by atoms with van der Waals surface area (Å²) < 4.78 is 20.5. The summed E-state index contributed by atoms with van der Waals surface area (Å²) in [5.74, 6) is -0.844. The van der Waals surface area contributed by atoms with Crippen molar-refractivity contribution < 1.29 is 13.9 Å². The van der Waals surface area contributed by atoms with Crippen LogP contribution in [0, 0.1) is 20.7 Å². The van der Waals surface area contributed by atoms with E-state index in [1.165, 1.54) is 18.3 Å². The van der Waals surface area contributed by atoms with Crippen molar-refractivity contribution in [3.05, 3.63) is 96.3 Å². The summed E-state index contributed by atoms with van der Waals surface area (Å²) in [6, 6.07) is 16.0. The molecule has 0 atom stereocenters. The molecule has 9 heteroatoms. The first-order chi connectivity index (χ1) is 14.9. The van der Waals surface area contributed by atoms with E-state index in [0.29, 0.717) is 21.4 Å². The van der Waals surface area contributed by atoms with Gasteiger partial charge in [-0.05, 0) is 76.7 Å². The summed E-state index contributed by atoms with van der Waals surface area (Å²) in [5, 5.41) is 13.7. The first-order valence-corrected chi connectivity index (χ1v) is 10.6. The molecule has 3 aromatic carbocycles. The Hall–Kier alpha value is -2.67. The lowest BCUT2D eigenvalue weighted by Crippen LogP contribution is -2.19. The number of nitrogens with zero attached hydrogens (tertiary/aromatic N) is 2. The standard InChI is InChI=1S/C22H13Cl2FIN3O2/c23-16-4-3-15(18(24)9-16)12-31-21-6-2-14(8-20(21)26)11-28-29-22(30)17-5-1-13(10-27)7-19(17)25/h1-9,11H,12H2,(H,29,30)/b28-11-. The number of ether oxygens (including phenoxy) is 1. The van der Waals surface area contributed by atoms with Gasteiger partial charge in [0.1, 0.15) is 18.2 Å². The number of rotatable bonds is 6. The summed E-state index contributed by atoms with van der Waals surface area (Å²) in [7, 11) is 0. The number of nitriles is 1. The van der Waals surface area contributed by atoms with Gasteiger partial charge in [-0.25, -0.2) is 9.82 Å². The zero-order valence-corrected chi connectivity index (χ0v) is 19.4. The lowest BCUT2D eigenvalue weighted by atomic mass is 10.1. The van der Waals surface area contributed by atoms with E-state index >= 15 is 0 Å². The number of hydrazone groups is 1. The molecule has 0 aliphatic rings. The summed E-state index contributed by atoms with van der Waals surface area (Å²) in [6.07, 6.45) is 1.43. The zero-order chi connectivity index (χ0) is 22.4. The number of nitrogens with one attached hydrogen (secondary N) is 1. The molecule has 0 saturated heterocycles. The van der Waals surface area contributed by atoms with E-state index in [1.54, 1.807) is 30.3 Å². The summed E-state index contributed by atoms with van der Waals surface area (Å²) >= 11 is 14.2. The van der Waals surface area contributed by atoms with Crippen LogP contribution in [0.5, 0.6) is 5.75 Å². The number of hydrogen-bond donors (Lipinski definition) is 1. The Morgan fingerprint density at radius 3 is 2.68 bits per heavy atom. The van der Waals surface area contributed by atoms with Crippen molar-refractivity contribution in [1.82, 2.24) is 5.43 Å². The fraction of sp³-hybridized carbons (Fsp3) is 0.0455. The Bertz CT molecular complexity index is 1210. The van der Waals surface area contributed by atoms with Crippen LogP contribution < -0.4 is 10.2 Å². The van der Waals surface area contributed by atoms with Crippen LogP contribution in [0.4, 0.5) is 4.39 Å². The lowest BCUT2D eigenvalue weighted by Gasteiger charge is -2.10. The molecule has 3 aromatic rings. The molecule has 0 saturated carbocycles. The largest absolute Gasteiger partial charge is 0.488 e. The maximum Gasteiger partial charge on any atom is 0.274 e. The molecule has 0 bridgehead atoms. The van der Waals surface area contributed by atoms with E-state index in [0.717, 1.165) is 15.2 Å². The molecule has 0 radical (unpaired) electrons. The van der Waals surface area contributed by atoms with Crippen molar-refractivity contribution in [2.45, 2.75) is 6.61 Å². The number of hydrogen-bond acceptors (Lipinski definition) is 4. The molecule has 156 valence electrons. The molecular formula is C22H13Cl2FIN3O2. The van der Waals surface area contributed by atoms with Gasteiger partial charge in [-0.3, -0.25) is 4.79 Å². The highest BCUT2D eigenvalue weighted by Crippen LogP contribution is 2.25. The molecule has 0 aliphatic carbocycles. The van der Waals surface area contributed by atoms with Crippen molar-refractivity contribution in [2.24, 2.45) is 5.10 Å². The van der Waals surface area contributed by atoms with Crippen LogP contribution in [-0.4, -0.2) is 12.1 Å². The predicted molar refractivity (Wildman–Crippen MR) is 126 cm³/mol. The normalized spacial score (nSPS) is 10.7. The van der Waals surface area contributed by atoms with Crippen LogP contribution in [0.15, 0.2) is 59.7 Å². The Morgan fingerprint density at radius 2 is 2.00 bits per heavy atom. The minimum atomic E-state index is -0.788. The van der Waals surface area contributed by atoms with Gasteiger partial charge in [-0.1, -0.05) is 29.3 Å². The first-order valence-electron chi connectivity index (χ1n) is 8.76. The van der Waals surface area contributed by atoms with E-state index in [4.69, 9.17) is 33.2 Å². The van der Waals surface area contributed by atoms with Crippen molar-refractivity contribution in [3.8, 4) is 11.8 Å². The van der Waals surface area contributed by atoms with Crippen molar-refractivity contribution in [3.63, 3.8) is 0 Å². The third-order valence-corrected chi connectivity index (χ3v) is 5.51. The van der Waals surface area contributed by atoms with Gasteiger partial charge in [0.25, 0.3) is 5.91 Å². The quantitative estimate of drug-likeness (QED) is 0.227. The molecule has 0 aliphatic heterocycles. The first kappa shape index (κ1) is 23.0. The molecular weight excluding hydrogens is 555 g/mol. The van der Waals surface area contributed by atoms with E-state index in [1.807, 2.05) is 12.1 Å². The Kier molecular flexibility index (Phi) is 7.85. The lowest BCUT2D eigenvalue weighted by molar-refractivity contribution is 0.0951. The van der Waals surface area contributed by atoms with Gasteiger partial charge in [0.2, 0.25) is 0 Å². The van der Waals surface area contributed by atoms with Gasteiger partial charge in [-0.2, -0.15) is 10.4 Å². The van der Waals surface area contributed by atoms with Crippen LogP contribution in [0.2, 0.25) is 10.0 Å². The number of carbonyl (C=O) groups excluding carboxylic acids is 1. The topological polar surface area (TPSA) is 74.5 Å². The minimum Gasteiger partial charge on any atom is -0.488 e. The average Bonchev–Trinajstić information content (AvgIpc) is 2.74. The van der Waals surface area contributed by atoms with Crippen LogP contribution in [0.1, 0.15) is 27.0 Å². The fourth-order valence-corrected chi connectivity index (χ4v) is 3.66. The van der Waals surface area contributed by atoms with E-state index < -0.39 is 11.7 Å². The molecule has 0 spiro atoms. The highest BCUT2D eigenvalue weighted by molar-refractivity contribution is 14.1. The van der Waals surface area contributed by atoms with Crippen LogP contribution in [0.3, 0.4) is 0 Å². The number of carbonyl (C=O) groups is 1. The maximum absolute atomic E-state index is 13.9. The second-order valence-corrected chi connectivity index (χ2v) is 8.23. The predicted octanol–water partition coefficient (Wildman–Crippen LogP) is 5.95. The highest BCUT2D eigenvalue weighted by atomic mass is 127. The minimum absolute atomic E-state index is 0.132. The third-order valence-electron chi connectivity index (χ3n) is 4.08. The van der Waals surface area contributed by atoms with Crippen molar-refractivity contribution in [2.75, 3.05) is 0 Å². The molecule has 0 unspecified atom stereocenters. The SMILES string of the molecule is N#Cc1ccc(C(=O)N/N=C\c2ccc(OCc3ccc(Cl)cc3Cl)c(I)c2)c(F)c1. The Balaban J connectivity index is 1.61. The van der Waals surface area contributed by atoms with Crippen LogP contribution in [-0.2, 0) is 6.61 Å². The van der Waals surface area contributed by atoms with Gasteiger partial charge in [0, 0.05) is 15.6 Å². The van der Waals surface area contributed by atoms with Gasteiger partial charge in [-0.15, -0.1) is 0 Å². The molecule has 5 nitrogen and oxygen atoms in total. The molecule has 1 N–H and O–H groups in total. The monoisotopic (exact) mass is 567 g/mol. The van der Waals surface area contributed by atoms with Gasteiger partial charge in [0.05, 0.1) is 27.0 Å². The number of benzene rings is 3. The van der Waals surface area contributed by atoms with Gasteiger partial charge < -0.3 is 4.74 Å². The summed E-state index contributed by atoms with van der Waals surface area (Å²) in [4.78, 5) is 12.1. The van der Waals surface area contributed by atoms with Crippen LogP contribution in [0.25, 0.3) is 0 Å². The van der Waals surface area contributed by atoms with E-state index in [-0.39, 0.29) is 17.7 Å². The van der Waals surface area contributed by atoms with E-state index in [2.05, 4.69) is 33.1 Å². The van der Waals surface area contributed by atoms with Crippen molar-refractivity contribution >= 4 is 57.9 Å². The Morgan fingerprint density at radius 1 is 1.19 bits per heavy atom. The molecule has 0 fully saturated rings. The summed E-state index contributed by atoms with van der Waals surface area (Å²) in [5.41, 5.74) is 3.72. The van der Waals surface area contributed by atoms with E-state index in [9.17, 15) is 9.18 Å². The van der Waals surface area contributed by atoms with Gasteiger partial charge >= 0.3 is 0 Å². The molecule has 0 aromatic heterocycles. The van der Waals surface area contributed by atoms with Crippen molar-refractivity contribution in [1.29, 1.82) is 5.26 Å².